The van der Waals surface area contributed by atoms with E-state index >= 15 is 0 Å². The number of benzene rings is 1. The first-order valence-corrected chi connectivity index (χ1v) is 10.1. The van der Waals surface area contributed by atoms with Gasteiger partial charge in [0.1, 0.15) is 5.82 Å². The predicted molar refractivity (Wildman–Crippen MR) is 110 cm³/mol. The van der Waals surface area contributed by atoms with Crippen LogP contribution in [-0.2, 0) is 12.7 Å². The molecule has 8 nitrogen and oxygen atoms in total. The number of hydrogen-bond acceptors (Lipinski definition) is 6. The van der Waals surface area contributed by atoms with E-state index in [2.05, 4.69) is 24.5 Å². The van der Waals surface area contributed by atoms with Crippen LogP contribution in [0, 0.1) is 5.82 Å². The maximum absolute atomic E-state index is 13.9. The van der Waals surface area contributed by atoms with Crippen LogP contribution in [0.15, 0.2) is 47.0 Å². The van der Waals surface area contributed by atoms with Crippen LogP contribution in [0.2, 0.25) is 0 Å². The zero-order chi connectivity index (χ0) is 23.6. The minimum Gasteiger partial charge on any atom is -0.413 e. The number of halogens is 4. The SMILES string of the molecule is CN1CCN(C(=O)N(Cc2ccc(-c3nnc(C(F)(F)F)o3)cn2)c2cccc(F)c2)CC1. The fraction of sp³-hybridized carbons (Fsp3) is 0.333. The van der Waals surface area contributed by atoms with E-state index in [1.165, 1.54) is 41.4 Å². The van der Waals surface area contributed by atoms with Gasteiger partial charge in [-0.1, -0.05) is 6.07 Å². The number of aromatic nitrogens is 3. The lowest BCUT2D eigenvalue weighted by Gasteiger charge is -2.36. The number of carbonyl (C=O) groups is 1. The molecule has 2 amide bonds. The number of amides is 2. The Hall–Kier alpha value is -3.54. The topological polar surface area (TPSA) is 78.6 Å². The molecule has 12 heteroatoms. The van der Waals surface area contributed by atoms with Crippen molar-refractivity contribution in [1.82, 2.24) is 25.0 Å². The van der Waals surface area contributed by atoms with Gasteiger partial charge >= 0.3 is 18.1 Å². The van der Waals surface area contributed by atoms with Crippen LogP contribution in [0.5, 0.6) is 0 Å². The first-order valence-electron chi connectivity index (χ1n) is 10.1. The van der Waals surface area contributed by atoms with Crippen molar-refractivity contribution in [3.8, 4) is 11.5 Å². The molecule has 3 heterocycles. The van der Waals surface area contributed by atoms with Gasteiger partial charge in [0.25, 0.3) is 0 Å². The molecule has 1 aromatic carbocycles. The summed E-state index contributed by atoms with van der Waals surface area (Å²) >= 11 is 0. The van der Waals surface area contributed by atoms with Crippen molar-refractivity contribution in [1.29, 1.82) is 0 Å². The number of nitrogens with zero attached hydrogens (tertiary/aromatic N) is 6. The Morgan fingerprint density at radius 2 is 1.88 bits per heavy atom. The molecule has 174 valence electrons. The number of carbonyl (C=O) groups excluding carboxylic acids is 1. The number of likely N-dealkylation sites (N-methyl/N-ethyl adjacent to an activating group) is 1. The lowest BCUT2D eigenvalue weighted by molar-refractivity contribution is -0.156. The molecule has 0 spiro atoms. The van der Waals surface area contributed by atoms with Crippen molar-refractivity contribution < 1.29 is 26.8 Å². The van der Waals surface area contributed by atoms with Crippen molar-refractivity contribution in [2.45, 2.75) is 12.7 Å². The Balaban J connectivity index is 1.56. The summed E-state index contributed by atoms with van der Waals surface area (Å²) in [6.07, 6.45) is -3.46. The van der Waals surface area contributed by atoms with Gasteiger partial charge in [-0.05, 0) is 37.4 Å². The highest BCUT2D eigenvalue weighted by molar-refractivity contribution is 5.92. The molecule has 0 N–H and O–H groups in total. The van der Waals surface area contributed by atoms with Crippen LogP contribution in [0.25, 0.3) is 11.5 Å². The van der Waals surface area contributed by atoms with Gasteiger partial charge in [0.2, 0.25) is 5.89 Å². The number of hydrogen-bond donors (Lipinski definition) is 0. The smallest absolute Gasteiger partial charge is 0.413 e. The monoisotopic (exact) mass is 464 g/mol. The quantitative estimate of drug-likeness (QED) is 0.549. The van der Waals surface area contributed by atoms with E-state index in [0.717, 1.165) is 13.1 Å². The summed E-state index contributed by atoms with van der Waals surface area (Å²) in [5.41, 5.74) is 1.02. The number of urea groups is 1. The highest BCUT2D eigenvalue weighted by Gasteiger charge is 2.38. The Bertz CT molecular complexity index is 1110. The third kappa shape index (κ3) is 5.28. The zero-order valence-corrected chi connectivity index (χ0v) is 17.6. The molecule has 2 aromatic heterocycles. The van der Waals surface area contributed by atoms with Crippen LogP contribution < -0.4 is 4.90 Å². The van der Waals surface area contributed by atoms with E-state index in [1.807, 2.05) is 7.05 Å². The van der Waals surface area contributed by atoms with Crippen molar-refractivity contribution >= 4 is 11.7 Å². The van der Waals surface area contributed by atoms with Crippen LogP contribution >= 0.6 is 0 Å². The van der Waals surface area contributed by atoms with Gasteiger partial charge in [-0.15, -0.1) is 10.2 Å². The maximum Gasteiger partial charge on any atom is 0.470 e. The molecule has 3 aromatic rings. The minimum absolute atomic E-state index is 0.0343. The van der Waals surface area contributed by atoms with Crippen molar-refractivity contribution in [3.63, 3.8) is 0 Å². The van der Waals surface area contributed by atoms with Crippen LogP contribution in [0.3, 0.4) is 0 Å². The molecule has 0 bridgehead atoms. The van der Waals surface area contributed by atoms with E-state index in [4.69, 9.17) is 0 Å². The summed E-state index contributed by atoms with van der Waals surface area (Å²) in [7, 11) is 1.97. The number of anilines is 1. The summed E-state index contributed by atoms with van der Waals surface area (Å²) in [4.78, 5) is 22.7. The normalized spacial score (nSPS) is 15.0. The number of rotatable bonds is 4. The average molecular weight is 464 g/mol. The highest BCUT2D eigenvalue weighted by Crippen LogP contribution is 2.30. The van der Waals surface area contributed by atoms with Crippen molar-refractivity contribution in [2.75, 3.05) is 38.1 Å². The first kappa shape index (κ1) is 22.6. The molecule has 1 saturated heterocycles. The molecule has 1 fully saturated rings. The minimum atomic E-state index is -4.74. The Labute approximate surface area is 186 Å². The predicted octanol–water partition coefficient (Wildman–Crippen LogP) is 3.66. The maximum atomic E-state index is 13.9. The van der Waals surface area contributed by atoms with Gasteiger partial charge in [0.15, 0.2) is 0 Å². The Morgan fingerprint density at radius 3 is 2.48 bits per heavy atom. The highest BCUT2D eigenvalue weighted by atomic mass is 19.4. The van der Waals surface area contributed by atoms with Gasteiger partial charge in [0.05, 0.1) is 17.8 Å². The number of piperazine rings is 1. The first-order chi connectivity index (χ1) is 15.7. The molecule has 0 aliphatic carbocycles. The average Bonchev–Trinajstić information content (AvgIpc) is 3.29. The van der Waals surface area contributed by atoms with Crippen molar-refractivity contribution in [3.05, 3.63) is 60.0 Å². The van der Waals surface area contributed by atoms with Gasteiger partial charge in [-0.3, -0.25) is 9.88 Å². The second-order valence-electron chi connectivity index (χ2n) is 7.59. The summed E-state index contributed by atoms with van der Waals surface area (Å²) in [6.45, 7) is 2.55. The molecule has 0 saturated carbocycles. The van der Waals surface area contributed by atoms with Gasteiger partial charge in [-0.25, -0.2) is 9.18 Å². The second-order valence-corrected chi connectivity index (χ2v) is 7.59. The Morgan fingerprint density at radius 1 is 1.12 bits per heavy atom. The van der Waals surface area contributed by atoms with Crippen LogP contribution in [0.1, 0.15) is 11.6 Å². The van der Waals surface area contributed by atoms with E-state index in [1.54, 1.807) is 11.0 Å². The van der Waals surface area contributed by atoms with Gasteiger partial charge in [0, 0.05) is 38.1 Å². The van der Waals surface area contributed by atoms with Crippen LogP contribution in [-0.4, -0.2) is 64.2 Å². The zero-order valence-electron chi connectivity index (χ0n) is 17.6. The van der Waals surface area contributed by atoms with E-state index in [9.17, 15) is 22.4 Å². The molecule has 0 radical (unpaired) electrons. The summed E-state index contributed by atoms with van der Waals surface area (Å²) in [6, 6.07) is 8.41. The molecule has 33 heavy (non-hydrogen) atoms. The van der Waals surface area contributed by atoms with E-state index in [0.29, 0.717) is 24.5 Å². The number of alkyl halides is 3. The van der Waals surface area contributed by atoms with Crippen LogP contribution in [0.4, 0.5) is 28.0 Å². The molecular weight excluding hydrogens is 444 g/mol. The third-order valence-electron chi connectivity index (χ3n) is 5.18. The summed E-state index contributed by atoms with van der Waals surface area (Å²) in [5, 5.41) is 6.40. The lowest BCUT2D eigenvalue weighted by Crippen LogP contribution is -2.52. The van der Waals surface area contributed by atoms with Crippen molar-refractivity contribution in [2.24, 2.45) is 0 Å². The second kappa shape index (κ2) is 9.14. The molecule has 0 unspecified atom stereocenters. The lowest BCUT2D eigenvalue weighted by atomic mass is 10.2. The van der Waals surface area contributed by atoms with Gasteiger partial charge in [-0.2, -0.15) is 13.2 Å². The molecule has 1 aliphatic heterocycles. The molecule has 4 rings (SSSR count). The largest absolute Gasteiger partial charge is 0.470 e. The van der Waals surface area contributed by atoms with E-state index < -0.39 is 17.9 Å². The van der Waals surface area contributed by atoms with E-state index in [-0.39, 0.29) is 24.0 Å². The third-order valence-corrected chi connectivity index (χ3v) is 5.18. The summed E-state index contributed by atoms with van der Waals surface area (Å²) in [5.74, 6) is -2.25. The number of pyridine rings is 1. The molecular formula is C21H20F4N6O2. The molecule has 0 atom stereocenters. The fourth-order valence-electron chi connectivity index (χ4n) is 3.34. The molecule has 1 aliphatic rings. The standard InChI is InChI=1S/C21H20F4N6O2/c1-29-7-9-30(10-8-29)20(32)31(17-4-2-3-15(22)11-17)13-16-6-5-14(12-26-16)18-27-28-19(33-18)21(23,24)25/h2-6,11-12H,7-10,13H2,1H3. The fourth-order valence-corrected chi connectivity index (χ4v) is 3.34. The Kier molecular flexibility index (Phi) is 6.27. The summed E-state index contributed by atoms with van der Waals surface area (Å²) < 4.78 is 56.6. The van der Waals surface area contributed by atoms with Gasteiger partial charge < -0.3 is 14.2 Å².